The Labute approximate surface area is 89.3 Å². The molecule has 0 aliphatic rings. The van der Waals surface area contributed by atoms with Gasteiger partial charge in [0.2, 0.25) is 0 Å². The number of aliphatic carboxylic acids is 1. The Balaban J connectivity index is 2.35. The maximum atomic E-state index is 10.5. The summed E-state index contributed by atoms with van der Waals surface area (Å²) in [5.41, 5.74) is 1.37. The second-order valence-electron chi connectivity index (χ2n) is 3.30. The van der Waals surface area contributed by atoms with E-state index < -0.39 is 18.2 Å². The molecule has 1 heterocycles. The minimum Gasteiger partial charge on any atom is -0.479 e. The first-order valence-corrected chi connectivity index (χ1v) is 4.49. The molecule has 0 bridgehead atoms. The normalized spacial score (nSPS) is 14.9. The van der Waals surface area contributed by atoms with E-state index in [0.717, 1.165) is 0 Å². The average Bonchev–Trinajstić information content (AvgIpc) is 2.73. The molecule has 0 fully saturated rings. The zero-order valence-electron chi connectivity index (χ0n) is 8.03. The first-order valence-electron chi connectivity index (χ1n) is 4.49. The molecule has 0 saturated heterocycles. The van der Waals surface area contributed by atoms with Crippen molar-refractivity contribution in [1.29, 1.82) is 0 Å². The van der Waals surface area contributed by atoms with Crippen LogP contribution < -0.4 is 0 Å². The quantitative estimate of drug-likeness (QED) is 0.553. The van der Waals surface area contributed by atoms with Gasteiger partial charge in [0.15, 0.2) is 6.10 Å². The molecular formula is C9H9N3O4. The second kappa shape index (κ2) is 3.87. The van der Waals surface area contributed by atoms with Gasteiger partial charge in [-0.1, -0.05) is 6.07 Å². The van der Waals surface area contributed by atoms with E-state index in [1.165, 1.54) is 12.1 Å². The summed E-state index contributed by atoms with van der Waals surface area (Å²) in [6.07, 6.45) is -3.34. The maximum absolute atomic E-state index is 10.5. The predicted octanol–water partition coefficient (Wildman–Crippen LogP) is -0.563. The molecule has 2 atom stereocenters. The highest BCUT2D eigenvalue weighted by Gasteiger charge is 2.25. The number of hydrogen-bond acceptors (Lipinski definition) is 5. The summed E-state index contributed by atoms with van der Waals surface area (Å²) < 4.78 is 0. The molecule has 1 aromatic carbocycles. The number of carboxylic acid groups (broad SMARTS) is 1. The van der Waals surface area contributed by atoms with Crippen LogP contribution in [0.25, 0.3) is 11.0 Å². The number of benzene rings is 1. The molecular weight excluding hydrogens is 214 g/mol. The van der Waals surface area contributed by atoms with E-state index in [4.69, 9.17) is 5.11 Å². The molecule has 0 radical (unpaired) electrons. The Bertz CT molecular complexity index is 524. The fourth-order valence-corrected chi connectivity index (χ4v) is 1.36. The van der Waals surface area contributed by atoms with Crippen LogP contribution in [-0.4, -0.2) is 42.8 Å². The van der Waals surface area contributed by atoms with Crippen molar-refractivity contribution in [1.82, 2.24) is 15.4 Å². The van der Waals surface area contributed by atoms with Crippen LogP contribution in [0, 0.1) is 0 Å². The van der Waals surface area contributed by atoms with Crippen LogP contribution >= 0.6 is 0 Å². The fourth-order valence-electron chi connectivity index (χ4n) is 1.36. The summed E-state index contributed by atoms with van der Waals surface area (Å²) in [5, 5.41) is 37.3. The topological polar surface area (TPSA) is 119 Å². The molecule has 0 aliphatic heterocycles. The lowest BCUT2D eigenvalue weighted by molar-refractivity contribution is -0.153. The first kappa shape index (κ1) is 10.5. The highest BCUT2D eigenvalue weighted by atomic mass is 16.4. The third kappa shape index (κ3) is 1.73. The number of rotatable bonds is 3. The number of nitrogens with one attached hydrogen (secondary N) is 1. The minimum atomic E-state index is -1.86. The van der Waals surface area contributed by atoms with Gasteiger partial charge in [-0.25, -0.2) is 4.79 Å². The van der Waals surface area contributed by atoms with Gasteiger partial charge in [-0.15, -0.1) is 0 Å². The SMILES string of the molecule is O=C(O)C(O)C(O)c1ccc2n[nH]nc2c1. The molecule has 16 heavy (non-hydrogen) atoms. The lowest BCUT2D eigenvalue weighted by Crippen LogP contribution is -2.27. The van der Waals surface area contributed by atoms with Crippen molar-refractivity contribution < 1.29 is 20.1 Å². The van der Waals surface area contributed by atoms with Gasteiger partial charge in [0, 0.05) is 0 Å². The summed E-state index contributed by atoms with van der Waals surface area (Å²) in [6.45, 7) is 0. The summed E-state index contributed by atoms with van der Waals surface area (Å²) in [4.78, 5) is 10.5. The van der Waals surface area contributed by atoms with Crippen LogP contribution in [0.1, 0.15) is 11.7 Å². The van der Waals surface area contributed by atoms with Gasteiger partial charge >= 0.3 is 5.97 Å². The summed E-state index contributed by atoms with van der Waals surface area (Å²) in [5.74, 6) is -1.48. The molecule has 84 valence electrons. The number of aromatic nitrogens is 3. The smallest absolute Gasteiger partial charge is 0.335 e. The van der Waals surface area contributed by atoms with E-state index >= 15 is 0 Å². The monoisotopic (exact) mass is 223 g/mol. The molecule has 1 aromatic heterocycles. The van der Waals surface area contributed by atoms with E-state index in [0.29, 0.717) is 11.0 Å². The Kier molecular flexibility index (Phi) is 2.55. The number of fused-ring (bicyclic) bond motifs is 1. The van der Waals surface area contributed by atoms with Crippen LogP contribution in [0.5, 0.6) is 0 Å². The fraction of sp³-hybridized carbons (Fsp3) is 0.222. The Hall–Kier alpha value is -1.99. The maximum Gasteiger partial charge on any atom is 0.335 e. The van der Waals surface area contributed by atoms with Gasteiger partial charge in [-0.2, -0.15) is 15.4 Å². The van der Waals surface area contributed by atoms with E-state index in [1.807, 2.05) is 0 Å². The Morgan fingerprint density at radius 3 is 2.62 bits per heavy atom. The van der Waals surface area contributed by atoms with Crippen molar-refractivity contribution in [2.24, 2.45) is 0 Å². The molecule has 0 spiro atoms. The van der Waals surface area contributed by atoms with Crippen LogP contribution in [0.15, 0.2) is 18.2 Å². The van der Waals surface area contributed by atoms with Crippen molar-refractivity contribution >= 4 is 17.0 Å². The summed E-state index contributed by atoms with van der Waals surface area (Å²) >= 11 is 0. The molecule has 2 aromatic rings. The van der Waals surface area contributed by atoms with Crippen molar-refractivity contribution in [3.8, 4) is 0 Å². The zero-order chi connectivity index (χ0) is 11.7. The Morgan fingerprint density at radius 1 is 1.25 bits per heavy atom. The number of carboxylic acids is 1. The largest absolute Gasteiger partial charge is 0.479 e. The number of aliphatic hydroxyl groups is 2. The van der Waals surface area contributed by atoms with Crippen molar-refractivity contribution in [3.63, 3.8) is 0 Å². The molecule has 0 aliphatic carbocycles. The molecule has 0 saturated carbocycles. The molecule has 4 N–H and O–H groups in total. The number of H-pyrrole nitrogens is 1. The van der Waals surface area contributed by atoms with Crippen LogP contribution in [0.2, 0.25) is 0 Å². The van der Waals surface area contributed by atoms with Crippen LogP contribution in [-0.2, 0) is 4.79 Å². The predicted molar refractivity (Wildman–Crippen MR) is 52.5 cm³/mol. The van der Waals surface area contributed by atoms with Gasteiger partial charge in [-0.3, -0.25) is 0 Å². The lowest BCUT2D eigenvalue weighted by atomic mass is 10.0. The molecule has 2 unspecified atom stereocenters. The molecule has 7 nitrogen and oxygen atoms in total. The van der Waals surface area contributed by atoms with Crippen molar-refractivity contribution in [2.75, 3.05) is 0 Å². The average molecular weight is 223 g/mol. The van der Waals surface area contributed by atoms with Gasteiger partial charge in [0.25, 0.3) is 0 Å². The van der Waals surface area contributed by atoms with Gasteiger partial charge in [0.1, 0.15) is 17.1 Å². The van der Waals surface area contributed by atoms with Crippen molar-refractivity contribution in [2.45, 2.75) is 12.2 Å². The number of nitrogens with zero attached hydrogens (tertiary/aromatic N) is 2. The van der Waals surface area contributed by atoms with Crippen molar-refractivity contribution in [3.05, 3.63) is 23.8 Å². The van der Waals surface area contributed by atoms with E-state index in [1.54, 1.807) is 6.07 Å². The standard InChI is InChI=1S/C9H9N3O4/c13-7(8(14)9(15)16)4-1-2-5-6(3-4)11-12-10-5/h1-3,7-8,13-14H,(H,15,16)(H,10,11,12). The second-order valence-corrected chi connectivity index (χ2v) is 3.30. The third-order valence-electron chi connectivity index (χ3n) is 2.23. The minimum absolute atomic E-state index is 0.274. The highest BCUT2D eigenvalue weighted by molar-refractivity contribution is 5.76. The number of hydrogen-bond donors (Lipinski definition) is 4. The Morgan fingerprint density at radius 2 is 1.94 bits per heavy atom. The lowest BCUT2D eigenvalue weighted by Gasteiger charge is -2.13. The number of aromatic amines is 1. The van der Waals surface area contributed by atoms with Crippen LogP contribution in [0.3, 0.4) is 0 Å². The van der Waals surface area contributed by atoms with Crippen LogP contribution in [0.4, 0.5) is 0 Å². The van der Waals surface area contributed by atoms with Gasteiger partial charge in [0.05, 0.1) is 0 Å². The molecule has 7 heteroatoms. The van der Waals surface area contributed by atoms with E-state index in [-0.39, 0.29) is 5.56 Å². The highest BCUT2D eigenvalue weighted by Crippen LogP contribution is 2.20. The third-order valence-corrected chi connectivity index (χ3v) is 2.23. The summed E-state index contributed by atoms with van der Waals surface area (Å²) in [6, 6.07) is 4.53. The number of aliphatic hydroxyl groups excluding tert-OH is 2. The summed E-state index contributed by atoms with van der Waals surface area (Å²) in [7, 11) is 0. The van der Waals surface area contributed by atoms with Gasteiger partial charge < -0.3 is 15.3 Å². The molecule has 2 rings (SSSR count). The molecule has 0 amide bonds. The zero-order valence-corrected chi connectivity index (χ0v) is 8.03. The number of carbonyl (C=O) groups is 1. The first-order chi connectivity index (χ1) is 7.59. The van der Waals surface area contributed by atoms with E-state index in [9.17, 15) is 15.0 Å². The van der Waals surface area contributed by atoms with E-state index in [2.05, 4.69) is 15.4 Å². The van der Waals surface area contributed by atoms with Gasteiger partial charge in [-0.05, 0) is 17.7 Å².